The molecule has 0 aliphatic carbocycles. The van der Waals surface area contributed by atoms with Crippen LogP contribution in [0.1, 0.15) is 32.3 Å². The largest absolute Gasteiger partial charge is 0.494 e. The van der Waals surface area contributed by atoms with Crippen molar-refractivity contribution in [3.8, 4) is 5.75 Å². The second-order valence-electron chi connectivity index (χ2n) is 5.08. The molecule has 0 spiro atoms. The summed E-state index contributed by atoms with van der Waals surface area (Å²) in [4.78, 5) is 0. The van der Waals surface area contributed by atoms with Crippen LogP contribution < -0.4 is 10.1 Å². The van der Waals surface area contributed by atoms with Crippen LogP contribution in [0.2, 0.25) is 0 Å². The molecule has 0 radical (unpaired) electrons. The number of thioether (sulfide) groups is 1. The molecule has 1 aliphatic heterocycles. The Labute approximate surface area is 114 Å². The fraction of sp³-hybridized carbons (Fsp3) is 0.600. The Bertz CT molecular complexity index is 357. The van der Waals surface area contributed by atoms with Gasteiger partial charge in [-0.2, -0.15) is 11.8 Å². The van der Waals surface area contributed by atoms with E-state index in [1.165, 1.54) is 24.2 Å². The molecule has 1 fully saturated rings. The zero-order valence-electron chi connectivity index (χ0n) is 11.4. The molecule has 1 heterocycles. The third kappa shape index (κ3) is 3.92. The molecular formula is C15H23NOS. The van der Waals surface area contributed by atoms with E-state index in [0.717, 1.165) is 25.4 Å². The summed E-state index contributed by atoms with van der Waals surface area (Å²) in [7, 11) is 0. The minimum atomic E-state index is 0.450. The first-order valence-corrected chi connectivity index (χ1v) is 7.77. The van der Waals surface area contributed by atoms with Crippen LogP contribution in [0.15, 0.2) is 24.3 Å². The van der Waals surface area contributed by atoms with Gasteiger partial charge in [0.15, 0.2) is 0 Å². The molecule has 0 aromatic heterocycles. The maximum atomic E-state index is 5.44. The number of ether oxygens (including phenoxy) is 1. The van der Waals surface area contributed by atoms with Crippen LogP contribution in [-0.2, 0) is 6.54 Å². The average Bonchev–Trinajstić information content (AvgIpc) is 2.79. The third-order valence-corrected chi connectivity index (χ3v) is 4.90. The fourth-order valence-corrected chi connectivity index (χ4v) is 3.59. The molecule has 1 aliphatic rings. The SMILES string of the molecule is CCOc1ccc(CNCC2(C)CCCS2)cc1. The standard InChI is InChI=1S/C15H23NOS/c1-3-17-14-7-5-13(6-8-14)11-16-12-15(2)9-4-10-18-15/h5-8,16H,3-4,9-12H2,1-2H3. The highest BCUT2D eigenvalue weighted by atomic mass is 32.2. The number of nitrogens with one attached hydrogen (secondary N) is 1. The van der Waals surface area contributed by atoms with E-state index in [-0.39, 0.29) is 0 Å². The molecule has 2 rings (SSSR count). The van der Waals surface area contributed by atoms with E-state index in [1.807, 2.05) is 19.1 Å². The van der Waals surface area contributed by atoms with Gasteiger partial charge in [-0.25, -0.2) is 0 Å². The second kappa shape index (κ2) is 6.48. The van der Waals surface area contributed by atoms with Gasteiger partial charge in [0.25, 0.3) is 0 Å². The number of hydrogen-bond donors (Lipinski definition) is 1. The highest BCUT2D eigenvalue weighted by Gasteiger charge is 2.28. The van der Waals surface area contributed by atoms with E-state index in [9.17, 15) is 0 Å². The molecule has 1 atom stereocenters. The Morgan fingerprint density at radius 2 is 2.11 bits per heavy atom. The molecule has 1 saturated heterocycles. The highest BCUT2D eigenvalue weighted by Crippen LogP contribution is 2.36. The fourth-order valence-electron chi connectivity index (χ4n) is 2.32. The van der Waals surface area contributed by atoms with Crippen LogP contribution in [0, 0.1) is 0 Å². The minimum Gasteiger partial charge on any atom is -0.494 e. The summed E-state index contributed by atoms with van der Waals surface area (Å²) in [5.74, 6) is 2.28. The Balaban J connectivity index is 1.76. The molecular weight excluding hydrogens is 242 g/mol. The molecule has 1 aromatic carbocycles. The van der Waals surface area contributed by atoms with Crippen LogP contribution in [0.5, 0.6) is 5.75 Å². The zero-order chi connectivity index (χ0) is 12.8. The van der Waals surface area contributed by atoms with Gasteiger partial charge < -0.3 is 10.1 Å². The first kappa shape index (κ1) is 13.8. The summed E-state index contributed by atoms with van der Waals surface area (Å²) >= 11 is 2.11. The first-order chi connectivity index (χ1) is 8.72. The predicted octanol–water partition coefficient (Wildman–Crippen LogP) is 3.46. The molecule has 18 heavy (non-hydrogen) atoms. The van der Waals surface area contributed by atoms with Crippen LogP contribution >= 0.6 is 11.8 Å². The van der Waals surface area contributed by atoms with Crippen molar-refractivity contribution in [2.24, 2.45) is 0 Å². The van der Waals surface area contributed by atoms with E-state index in [4.69, 9.17) is 4.74 Å². The summed E-state index contributed by atoms with van der Waals surface area (Å²) in [6.45, 7) is 7.16. The zero-order valence-corrected chi connectivity index (χ0v) is 12.2. The summed E-state index contributed by atoms with van der Waals surface area (Å²) in [6.07, 6.45) is 2.71. The maximum absolute atomic E-state index is 5.44. The van der Waals surface area contributed by atoms with Gasteiger partial charge in [0.05, 0.1) is 6.61 Å². The van der Waals surface area contributed by atoms with Crippen molar-refractivity contribution in [3.05, 3.63) is 29.8 Å². The molecule has 0 saturated carbocycles. The van der Waals surface area contributed by atoms with E-state index < -0.39 is 0 Å². The lowest BCUT2D eigenvalue weighted by atomic mass is 10.1. The molecule has 100 valence electrons. The van der Waals surface area contributed by atoms with Gasteiger partial charge in [0.1, 0.15) is 5.75 Å². The van der Waals surface area contributed by atoms with Crippen molar-refractivity contribution in [1.82, 2.24) is 5.32 Å². The number of benzene rings is 1. The predicted molar refractivity (Wildman–Crippen MR) is 79.4 cm³/mol. The van der Waals surface area contributed by atoms with Crippen molar-refractivity contribution in [2.45, 2.75) is 38.0 Å². The summed E-state index contributed by atoms with van der Waals surface area (Å²) in [5.41, 5.74) is 1.32. The van der Waals surface area contributed by atoms with Gasteiger partial charge in [-0.15, -0.1) is 0 Å². The maximum Gasteiger partial charge on any atom is 0.119 e. The summed E-state index contributed by atoms with van der Waals surface area (Å²) in [6, 6.07) is 8.38. The normalized spacial score (nSPS) is 23.2. The topological polar surface area (TPSA) is 21.3 Å². The number of rotatable bonds is 6. The summed E-state index contributed by atoms with van der Waals surface area (Å²) < 4.78 is 5.89. The second-order valence-corrected chi connectivity index (χ2v) is 6.76. The Morgan fingerprint density at radius 3 is 2.72 bits per heavy atom. The van der Waals surface area contributed by atoms with Crippen molar-refractivity contribution in [1.29, 1.82) is 0 Å². The Kier molecular flexibility index (Phi) is 4.95. The van der Waals surface area contributed by atoms with Crippen molar-refractivity contribution >= 4 is 11.8 Å². The quantitative estimate of drug-likeness (QED) is 0.851. The van der Waals surface area contributed by atoms with Gasteiger partial charge in [-0.05, 0) is 50.1 Å². The van der Waals surface area contributed by atoms with Gasteiger partial charge >= 0.3 is 0 Å². The molecule has 0 bridgehead atoms. The van der Waals surface area contributed by atoms with E-state index in [1.54, 1.807) is 0 Å². The molecule has 1 N–H and O–H groups in total. The number of hydrogen-bond acceptors (Lipinski definition) is 3. The lowest BCUT2D eigenvalue weighted by Crippen LogP contribution is -2.32. The van der Waals surface area contributed by atoms with E-state index in [0.29, 0.717) is 4.75 Å². The first-order valence-electron chi connectivity index (χ1n) is 6.78. The Hall–Kier alpha value is -0.670. The van der Waals surface area contributed by atoms with E-state index >= 15 is 0 Å². The monoisotopic (exact) mass is 265 g/mol. The van der Waals surface area contributed by atoms with Crippen LogP contribution in [-0.4, -0.2) is 23.7 Å². The molecule has 1 aromatic rings. The van der Waals surface area contributed by atoms with Crippen LogP contribution in [0.3, 0.4) is 0 Å². The van der Waals surface area contributed by atoms with Crippen molar-refractivity contribution in [2.75, 3.05) is 18.9 Å². The van der Waals surface area contributed by atoms with Crippen LogP contribution in [0.25, 0.3) is 0 Å². The minimum absolute atomic E-state index is 0.450. The molecule has 3 heteroatoms. The van der Waals surface area contributed by atoms with E-state index in [2.05, 4.69) is 36.1 Å². The Morgan fingerprint density at radius 1 is 1.33 bits per heavy atom. The molecule has 1 unspecified atom stereocenters. The van der Waals surface area contributed by atoms with Gasteiger partial charge in [-0.3, -0.25) is 0 Å². The molecule has 2 nitrogen and oxygen atoms in total. The smallest absolute Gasteiger partial charge is 0.119 e. The van der Waals surface area contributed by atoms with Gasteiger partial charge in [-0.1, -0.05) is 12.1 Å². The summed E-state index contributed by atoms with van der Waals surface area (Å²) in [5, 5.41) is 3.57. The third-order valence-electron chi connectivity index (χ3n) is 3.36. The van der Waals surface area contributed by atoms with Crippen molar-refractivity contribution < 1.29 is 4.74 Å². The van der Waals surface area contributed by atoms with Gasteiger partial charge in [0, 0.05) is 17.8 Å². The lowest BCUT2D eigenvalue weighted by Gasteiger charge is -2.23. The average molecular weight is 265 g/mol. The highest BCUT2D eigenvalue weighted by molar-refractivity contribution is 8.00. The van der Waals surface area contributed by atoms with Gasteiger partial charge in [0.2, 0.25) is 0 Å². The lowest BCUT2D eigenvalue weighted by molar-refractivity contribution is 0.340. The van der Waals surface area contributed by atoms with Crippen LogP contribution in [0.4, 0.5) is 0 Å². The van der Waals surface area contributed by atoms with Crippen molar-refractivity contribution in [3.63, 3.8) is 0 Å². The molecule has 0 amide bonds.